The average molecular weight is 368 g/mol. The van der Waals surface area contributed by atoms with Gasteiger partial charge in [-0.05, 0) is 35.4 Å². The summed E-state index contributed by atoms with van der Waals surface area (Å²) in [6.45, 7) is 1.21. The summed E-state index contributed by atoms with van der Waals surface area (Å²) in [6, 6.07) is 15.8. The van der Waals surface area contributed by atoms with E-state index in [1.54, 1.807) is 18.1 Å². The molecule has 0 aliphatic rings. The lowest BCUT2D eigenvalue weighted by molar-refractivity contribution is -0.118. The maximum Gasteiger partial charge on any atom is 0.230 e. The van der Waals surface area contributed by atoms with Gasteiger partial charge in [-0.25, -0.2) is 9.67 Å². The quantitative estimate of drug-likeness (QED) is 0.619. The largest absolute Gasteiger partial charge is 0.497 e. The molecule has 26 heavy (non-hydrogen) atoms. The lowest BCUT2D eigenvalue weighted by Gasteiger charge is -2.07. The summed E-state index contributed by atoms with van der Waals surface area (Å²) in [7, 11) is 1.64. The normalized spacial score (nSPS) is 10.5. The molecule has 0 aliphatic heterocycles. The van der Waals surface area contributed by atoms with Crippen molar-refractivity contribution in [1.29, 1.82) is 0 Å². The maximum absolute atomic E-state index is 12.0. The Morgan fingerprint density at radius 3 is 2.50 bits per heavy atom. The number of ether oxygens (including phenoxy) is 1. The lowest BCUT2D eigenvalue weighted by Crippen LogP contribution is -2.24. The smallest absolute Gasteiger partial charge is 0.230 e. The van der Waals surface area contributed by atoms with Crippen LogP contribution in [0.4, 0.5) is 0 Å². The minimum Gasteiger partial charge on any atom is -0.497 e. The molecular weight excluding hydrogens is 348 g/mol. The van der Waals surface area contributed by atoms with Gasteiger partial charge in [0.25, 0.3) is 0 Å². The molecule has 0 bridgehead atoms. The first-order valence-electron chi connectivity index (χ1n) is 8.17. The van der Waals surface area contributed by atoms with E-state index in [0.717, 1.165) is 21.8 Å². The van der Waals surface area contributed by atoms with Gasteiger partial charge in [0.15, 0.2) is 0 Å². The van der Waals surface area contributed by atoms with Crippen LogP contribution in [0.5, 0.6) is 5.75 Å². The highest BCUT2D eigenvalue weighted by molar-refractivity contribution is 8.00. The van der Waals surface area contributed by atoms with Crippen LogP contribution >= 0.6 is 11.8 Å². The number of thioether (sulfide) groups is 1. The van der Waals surface area contributed by atoms with Gasteiger partial charge in [-0.1, -0.05) is 24.3 Å². The highest BCUT2D eigenvalue weighted by Gasteiger charge is 2.04. The van der Waals surface area contributed by atoms with E-state index in [0.29, 0.717) is 18.8 Å². The number of carbonyl (C=O) groups excluding carboxylic acids is 1. The van der Waals surface area contributed by atoms with Crippen molar-refractivity contribution in [3.63, 3.8) is 0 Å². The zero-order chi connectivity index (χ0) is 18.2. The lowest BCUT2D eigenvalue weighted by atomic mass is 10.1. The predicted octanol–water partition coefficient (Wildman–Crippen LogP) is 2.74. The Morgan fingerprint density at radius 2 is 1.85 bits per heavy atom. The number of nitrogens with one attached hydrogen (secondary N) is 1. The fraction of sp³-hybridized carbons (Fsp3) is 0.211. The van der Waals surface area contributed by atoms with Crippen LogP contribution in [0.3, 0.4) is 0 Å². The number of aromatic nitrogens is 3. The molecule has 134 valence electrons. The van der Waals surface area contributed by atoms with E-state index >= 15 is 0 Å². The molecule has 2 aromatic carbocycles. The highest BCUT2D eigenvalue weighted by Crippen LogP contribution is 2.20. The van der Waals surface area contributed by atoms with Crippen LogP contribution in [0.2, 0.25) is 0 Å². The summed E-state index contributed by atoms with van der Waals surface area (Å²) < 4.78 is 6.89. The van der Waals surface area contributed by atoms with E-state index in [2.05, 4.69) is 15.4 Å². The molecule has 1 heterocycles. The van der Waals surface area contributed by atoms with Crippen molar-refractivity contribution < 1.29 is 9.53 Å². The SMILES string of the molecule is COc1ccc(SCC(=O)NCc2ccc(Cn3cncn3)cc2)cc1. The molecule has 0 saturated heterocycles. The fourth-order valence-corrected chi connectivity index (χ4v) is 3.06. The van der Waals surface area contributed by atoms with Gasteiger partial charge in [-0.3, -0.25) is 4.79 Å². The first kappa shape index (κ1) is 18.0. The van der Waals surface area contributed by atoms with E-state index in [4.69, 9.17) is 4.74 Å². The van der Waals surface area contributed by atoms with Crippen molar-refractivity contribution in [1.82, 2.24) is 20.1 Å². The number of amides is 1. The van der Waals surface area contributed by atoms with E-state index in [-0.39, 0.29) is 5.91 Å². The average Bonchev–Trinajstić information content (AvgIpc) is 3.19. The highest BCUT2D eigenvalue weighted by atomic mass is 32.2. The number of benzene rings is 2. The Kier molecular flexibility index (Phi) is 6.27. The van der Waals surface area contributed by atoms with Crippen molar-refractivity contribution in [2.75, 3.05) is 12.9 Å². The monoisotopic (exact) mass is 368 g/mol. The molecule has 1 N–H and O–H groups in total. The third kappa shape index (κ3) is 5.35. The standard InChI is InChI=1S/C19H20N4O2S/c1-25-17-6-8-18(9-7-17)26-12-19(24)21-10-15-2-4-16(5-3-15)11-23-14-20-13-22-23/h2-9,13-14H,10-12H2,1H3,(H,21,24). The van der Waals surface area contributed by atoms with Gasteiger partial charge in [0.1, 0.15) is 18.4 Å². The van der Waals surface area contributed by atoms with Crippen molar-refractivity contribution in [3.05, 3.63) is 72.3 Å². The van der Waals surface area contributed by atoms with E-state index in [9.17, 15) is 4.79 Å². The summed E-state index contributed by atoms with van der Waals surface area (Å²) in [6.07, 6.45) is 3.21. The van der Waals surface area contributed by atoms with Gasteiger partial charge < -0.3 is 10.1 Å². The molecule has 0 saturated carbocycles. The summed E-state index contributed by atoms with van der Waals surface area (Å²) in [5.41, 5.74) is 2.20. The molecule has 6 nitrogen and oxygen atoms in total. The zero-order valence-corrected chi connectivity index (χ0v) is 15.3. The van der Waals surface area contributed by atoms with Gasteiger partial charge in [0.2, 0.25) is 5.91 Å². The van der Waals surface area contributed by atoms with Gasteiger partial charge in [0, 0.05) is 11.4 Å². The molecule has 0 spiro atoms. The summed E-state index contributed by atoms with van der Waals surface area (Å²) >= 11 is 1.50. The van der Waals surface area contributed by atoms with Crippen LogP contribution in [0.25, 0.3) is 0 Å². The number of carbonyl (C=O) groups is 1. The first-order chi connectivity index (χ1) is 12.7. The predicted molar refractivity (Wildman–Crippen MR) is 101 cm³/mol. The van der Waals surface area contributed by atoms with Gasteiger partial charge in [-0.2, -0.15) is 5.10 Å². The van der Waals surface area contributed by atoms with Crippen LogP contribution < -0.4 is 10.1 Å². The molecule has 3 aromatic rings. The molecule has 0 radical (unpaired) electrons. The Balaban J connectivity index is 1.42. The Bertz CT molecular complexity index is 818. The Labute approximate surface area is 156 Å². The molecule has 0 atom stereocenters. The number of hydrogen-bond donors (Lipinski definition) is 1. The third-order valence-electron chi connectivity index (χ3n) is 3.75. The van der Waals surface area contributed by atoms with E-state index in [1.165, 1.54) is 18.1 Å². The van der Waals surface area contributed by atoms with Gasteiger partial charge >= 0.3 is 0 Å². The fourth-order valence-electron chi connectivity index (χ4n) is 2.34. The van der Waals surface area contributed by atoms with Gasteiger partial charge in [0.05, 0.1) is 19.4 Å². The molecule has 1 aromatic heterocycles. The molecule has 0 unspecified atom stereocenters. The summed E-state index contributed by atoms with van der Waals surface area (Å²) in [5.74, 6) is 1.21. The number of methoxy groups -OCH3 is 1. The molecule has 0 aliphatic carbocycles. The van der Waals surface area contributed by atoms with Crippen molar-refractivity contribution in [2.45, 2.75) is 18.0 Å². The molecule has 3 rings (SSSR count). The Hall–Kier alpha value is -2.80. The molecule has 0 fully saturated rings. The van der Waals surface area contributed by atoms with Crippen LogP contribution in [-0.2, 0) is 17.9 Å². The van der Waals surface area contributed by atoms with E-state index < -0.39 is 0 Å². The zero-order valence-electron chi connectivity index (χ0n) is 14.5. The molecule has 1 amide bonds. The van der Waals surface area contributed by atoms with Crippen LogP contribution in [0, 0.1) is 0 Å². The first-order valence-corrected chi connectivity index (χ1v) is 9.15. The van der Waals surface area contributed by atoms with Crippen molar-refractivity contribution in [2.24, 2.45) is 0 Å². The van der Waals surface area contributed by atoms with E-state index in [1.807, 2.05) is 48.5 Å². The maximum atomic E-state index is 12.0. The topological polar surface area (TPSA) is 69.0 Å². The van der Waals surface area contributed by atoms with Crippen LogP contribution in [0.15, 0.2) is 66.1 Å². The second kappa shape index (κ2) is 9.05. The van der Waals surface area contributed by atoms with Crippen molar-refractivity contribution in [3.8, 4) is 5.75 Å². The second-order valence-electron chi connectivity index (χ2n) is 5.65. The summed E-state index contributed by atoms with van der Waals surface area (Å²) in [4.78, 5) is 17.0. The van der Waals surface area contributed by atoms with Crippen LogP contribution in [-0.4, -0.2) is 33.5 Å². The second-order valence-corrected chi connectivity index (χ2v) is 6.70. The molecule has 7 heteroatoms. The number of nitrogens with zero attached hydrogens (tertiary/aromatic N) is 3. The minimum atomic E-state index is 0.0116. The number of hydrogen-bond acceptors (Lipinski definition) is 5. The minimum absolute atomic E-state index is 0.0116. The van der Waals surface area contributed by atoms with Crippen molar-refractivity contribution >= 4 is 17.7 Å². The van der Waals surface area contributed by atoms with Crippen LogP contribution in [0.1, 0.15) is 11.1 Å². The Morgan fingerprint density at radius 1 is 1.12 bits per heavy atom. The molecular formula is C19H20N4O2S. The number of rotatable bonds is 8. The van der Waals surface area contributed by atoms with Gasteiger partial charge in [-0.15, -0.1) is 11.8 Å². The third-order valence-corrected chi connectivity index (χ3v) is 4.77. The summed E-state index contributed by atoms with van der Waals surface area (Å²) in [5, 5.41) is 7.03.